The van der Waals surface area contributed by atoms with Crippen molar-refractivity contribution >= 4 is 29.3 Å². The molecule has 3 N–H and O–H groups in total. The summed E-state index contributed by atoms with van der Waals surface area (Å²) < 4.78 is 0. The fourth-order valence-electron chi connectivity index (χ4n) is 1.11. The predicted molar refractivity (Wildman–Crippen MR) is 63.4 cm³/mol. The first-order valence-corrected chi connectivity index (χ1v) is 5.31. The molecule has 0 radical (unpaired) electrons. The van der Waals surface area contributed by atoms with Gasteiger partial charge >= 0.3 is 5.97 Å². The molecule has 0 aliphatic carbocycles. The van der Waals surface area contributed by atoms with Crippen molar-refractivity contribution in [3.8, 4) is 0 Å². The van der Waals surface area contributed by atoms with Gasteiger partial charge in [-0.05, 0) is 13.0 Å². The average molecular weight is 258 g/mol. The Morgan fingerprint density at radius 2 is 2.24 bits per heavy atom. The third-order valence-corrected chi connectivity index (χ3v) is 2.17. The summed E-state index contributed by atoms with van der Waals surface area (Å²) in [6.07, 6.45) is 1.17. The molecular formula is C10H12ClN3O3. The predicted octanol–water partition coefficient (Wildman–Crippen LogP) is 0.981. The highest BCUT2D eigenvalue weighted by Gasteiger charge is 2.09. The van der Waals surface area contributed by atoms with E-state index >= 15 is 0 Å². The molecule has 0 atom stereocenters. The van der Waals surface area contributed by atoms with Crippen LogP contribution in [0, 0.1) is 0 Å². The fraction of sp³-hybridized carbons (Fsp3) is 0.300. The number of halogens is 1. The van der Waals surface area contributed by atoms with Crippen molar-refractivity contribution in [1.82, 2.24) is 10.3 Å². The highest BCUT2D eigenvalue weighted by atomic mass is 35.5. The Morgan fingerprint density at radius 3 is 2.76 bits per heavy atom. The summed E-state index contributed by atoms with van der Waals surface area (Å²) in [5.41, 5.74) is -0.00133. The number of hydrogen-bond donors (Lipinski definition) is 3. The van der Waals surface area contributed by atoms with Crippen molar-refractivity contribution in [1.29, 1.82) is 0 Å². The molecular weight excluding hydrogens is 246 g/mol. The molecule has 1 rings (SSSR count). The number of nitrogens with zero attached hydrogens (tertiary/aromatic N) is 1. The zero-order chi connectivity index (χ0) is 12.8. The quantitative estimate of drug-likeness (QED) is 0.731. The van der Waals surface area contributed by atoms with E-state index < -0.39 is 5.97 Å². The molecule has 1 amide bonds. The number of carboxylic acid groups (broad SMARTS) is 1. The van der Waals surface area contributed by atoms with Gasteiger partial charge in [-0.2, -0.15) is 0 Å². The summed E-state index contributed by atoms with van der Waals surface area (Å²) >= 11 is 5.81. The Labute approximate surface area is 103 Å². The second-order valence-corrected chi connectivity index (χ2v) is 3.57. The minimum absolute atomic E-state index is 0.00133. The molecule has 0 spiro atoms. The van der Waals surface area contributed by atoms with Gasteiger partial charge in [-0.15, -0.1) is 0 Å². The average Bonchev–Trinajstić information content (AvgIpc) is 2.27. The van der Waals surface area contributed by atoms with E-state index in [0.717, 1.165) is 0 Å². The summed E-state index contributed by atoms with van der Waals surface area (Å²) in [7, 11) is 0. The van der Waals surface area contributed by atoms with Crippen LogP contribution in [-0.2, 0) is 4.79 Å². The van der Waals surface area contributed by atoms with E-state index in [2.05, 4.69) is 15.6 Å². The lowest BCUT2D eigenvalue weighted by Crippen LogP contribution is -2.29. The first-order chi connectivity index (χ1) is 8.04. The monoisotopic (exact) mass is 257 g/mol. The number of rotatable bonds is 5. The molecule has 0 bridgehead atoms. The van der Waals surface area contributed by atoms with Gasteiger partial charge in [0.1, 0.15) is 5.82 Å². The third-order valence-electron chi connectivity index (χ3n) is 1.88. The minimum Gasteiger partial charge on any atom is -0.478 e. The molecule has 0 aromatic carbocycles. The fourth-order valence-corrected chi connectivity index (χ4v) is 1.34. The molecule has 92 valence electrons. The Hall–Kier alpha value is -1.82. The number of carboxylic acids is 1. The Kier molecular flexibility index (Phi) is 4.71. The molecule has 7 heteroatoms. The topological polar surface area (TPSA) is 91.3 Å². The molecule has 0 unspecified atom stereocenters. The van der Waals surface area contributed by atoms with Gasteiger partial charge in [-0.25, -0.2) is 9.78 Å². The summed E-state index contributed by atoms with van der Waals surface area (Å²) in [4.78, 5) is 25.6. The van der Waals surface area contributed by atoms with E-state index in [-0.39, 0.29) is 28.9 Å². The second-order valence-electron chi connectivity index (χ2n) is 3.17. The summed E-state index contributed by atoms with van der Waals surface area (Å²) in [5.74, 6) is -1.01. The largest absolute Gasteiger partial charge is 0.478 e. The maximum absolute atomic E-state index is 11.2. The number of likely N-dealkylation sites (N-methyl/N-ethyl adjacent to an activating group) is 1. The lowest BCUT2D eigenvalue weighted by molar-refractivity contribution is -0.119. The van der Waals surface area contributed by atoms with Crippen molar-refractivity contribution in [2.75, 3.05) is 18.4 Å². The highest BCUT2D eigenvalue weighted by Crippen LogP contribution is 2.19. The van der Waals surface area contributed by atoms with Gasteiger partial charge in [0, 0.05) is 12.7 Å². The molecule has 0 aliphatic rings. The zero-order valence-corrected chi connectivity index (χ0v) is 9.91. The zero-order valence-electron chi connectivity index (χ0n) is 9.16. The van der Waals surface area contributed by atoms with E-state index in [1.807, 2.05) is 6.92 Å². The second kappa shape index (κ2) is 6.05. The molecule has 0 aliphatic heterocycles. The van der Waals surface area contributed by atoms with Crippen LogP contribution in [0.25, 0.3) is 0 Å². The van der Waals surface area contributed by atoms with Crippen molar-refractivity contribution < 1.29 is 14.7 Å². The first kappa shape index (κ1) is 13.2. The maximum Gasteiger partial charge on any atom is 0.337 e. The van der Waals surface area contributed by atoms with Crippen molar-refractivity contribution in [2.24, 2.45) is 0 Å². The molecule has 0 fully saturated rings. The number of aromatic carboxylic acids is 1. The minimum atomic E-state index is -1.10. The number of amides is 1. The van der Waals surface area contributed by atoms with Crippen molar-refractivity contribution in [3.63, 3.8) is 0 Å². The van der Waals surface area contributed by atoms with Crippen molar-refractivity contribution in [2.45, 2.75) is 6.92 Å². The maximum atomic E-state index is 11.2. The van der Waals surface area contributed by atoms with Crippen LogP contribution >= 0.6 is 11.6 Å². The van der Waals surface area contributed by atoms with E-state index in [9.17, 15) is 9.59 Å². The Morgan fingerprint density at radius 1 is 1.53 bits per heavy atom. The molecule has 1 aromatic rings. The Bertz CT molecular complexity index is 437. The summed E-state index contributed by atoms with van der Waals surface area (Å²) in [5, 5.41) is 14.2. The summed E-state index contributed by atoms with van der Waals surface area (Å²) in [6, 6.07) is 1.27. The lowest BCUT2D eigenvalue weighted by atomic mass is 10.3. The van der Waals surface area contributed by atoms with Crippen molar-refractivity contribution in [3.05, 3.63) is 22.8 Å². The van der Waals surface area contributed by atoms with Crippen LogP contribution in [0.3, 0.4) is 0 Å². The van der Waals surface area contributed by atoms with E-state index in [1.54, 1.807) is 0 Å². The van der Waals surface area contributed by atoms with Gasteiger partial charge < -0.3 is 15.7 Å². The molecule has 1 aromatic heterocycles. The molecule has 0 saturated carbocycles. The summed E-state index contributed by atoms with van der Waals surface area (Å²) in [6.45, 7) is 2.39. The SMILES string of the molecule is CCNC(=O)CNc1ncc(C(=O)O)cc1Cl. The number of hydrogen-bond acceptors (Lipinski definition) is 4. The van der Waals surface area contributed by atoms with Gasteiger partial charge in [-0.1, -0.05) is 11.6 Å². The highest BCUT2D eigenvalue weighted by molar-refractivity contribution is 6.33. The smallest absolute Gasteiger partial charge is 0.337 e. The van der Waals surface area contributed by atoms with Crippen LogP contribution in [0.1, 0.15) is 17.3 Å². The number of pyridine rings is 1. The van der Waals surface area contributed by atoms with E-state index in [4.69, 9.17) is 16.7 Å². The van der Waals surface area contributed by atoms with Crippen LogP contribution < -0.4 is 10.6 Å². The van der Waals surface area contributed by atoms with Gasteiger partial charge in [0.25, 0.3) is 0 Å². The Balaban J connectivity index is 2.66. The molecule has 0 saturated heterocycles. The van der Waals surface area contributed by atoms with Gasteiger partial charge in [0.05, 0.1) is 17.1 Å². The normalized spacial score (nSPS) is 9.76. The lowest BCUT2D eigenvalue weighted by Gasteiger charge is -2.07. The molecule has 6 nitrogen and oxygen atoms in total. The number of nitrogens with one attached hydrogen (secondary N) is 2. The van der Waals surface area contributed by atoms with E-state index in [0.29, 0.717) is 6.54 Å². The van der Waals surface area contributed by atoms with Gasteiger partial charge in [0.15, 0.2) is 0 Å². The first-order valence-electron chi connectivity index (χ1n) is 4.94. The van der Waals surface area contributed by atoms with Gasteiger partial charge in [0.2, 0.25) is 5.91 Å². The standard InChI is InChI=1S/C10H12ClN3O3/c1-2-12-8(15)5-14-9-7(11)3-6(4-13-9)10(16)17/h3-4H,2,5H2,1H3,(H,12,15)(H,13,14)(H,16,17). The number of carbonyl (C=O) groups is 2. The number of aromatic nitrogens is 1. The van der Waals surface area contributed by atoms with Crippen LogP contribution in [0.4, 0.5) is 5.82 Å². The number of carbonyl (C=O) groups excluding carboxylic acids is 1. The molecule has 17 heavy (non-hydrogen) atoms. The third kappa shape index (κ3) is 3.92. The molecule has 1 heterocycles. The number of anilines is 1. The van der Waals surface area contributed by atoms with Crippen LogP contribution in [0.2, 0.25) is 5.02 Å². The van der Waals surface area contributed by atoms with Crippen LogP contribution in [-0.4, -0.2) is 35.1 Å². The van der Waals surface area contributed by atoms with Crippen LogP contribution in [0.15, 0.2) is 12.3 Å². The van der Waals surface area contributed by atoms with E-state index in [1.165, 1.54) is 12.3 Å². The van der Waals surface area contributed by atoms with Gasteiger partial charge in [-0.3, -0.25) is 4.79 Å². The van der Waals surface area contributed by atoms with Crippen LogP contribution in [0.5, 0.6) is 0 Å².